The first-order valence-electron chi connectivity index (χ1n) is 9.06. The van der Waals surface area contributed by atoms with Crippen LogP contribution >= 0.6 is 24.0 Å². The van der Waals surface area contributed by atoms with E-state index in [1.54, 1.807) is 0 Å². The van der Waals surface area contributed by atoms with Crippen molar-refractivity contribution in [2.24, 2.45) is 16.3 Å². The molecule has 4 rings (SSSR count). The number of aliphatic imine (C=N–C) groups is 1. The Morgan fingerprint density at radius 1 is 1.12 bits per heavy atom. The van der Waals surface area contributed by atoms with E-state index in [-0.39, 0.29) is 24.0 Å². The zero-order valence-electron chi connectivity index (χ0n) is 14.6. The highest BCUT2D eigenvalue weighted by Crippen LogP contribution is 2.60. The summed E-state index contributed by atoms with van der Waals surface area (Å²) in [4.78, 5) is 9.42. The Hall–Kier alpha value is -0.980. The second-order valence-electron chi connectivity index (χ2n) is 7.35. The molecule has 0 bridgehead atoms. The van der Waals surface area contributed by atoms with E-state index < -0.39 is 0 Å². The van der Waals surface area contributed by atoms with Crippen molar-refractivity contribution in [3.63, 3.8) is 0 Å². The van der Waals surface area contributed by atoms with Gasteiger partial charge in [0.15, 0.2) is 5.96 Å². The molecule has 1 heterocycles. The lowest BCUT2D eigenvalue weighted by molar-refractivity contribution is 0.359. The number of benzene rings is 1. The van der Waals surface area contributed by atoms with E-state index in [0.717, 1.165) is 44.6 Å². The second-order valence-corrected chi connectivity index (χ2v) is 7.35. The number of hydrogen-bond donors (Lipinski definition) is 1. The van der Waals surface area contributed by atoms with E-state index in [1.807, 2.05) is 7.05 Å². The Kier molecular flexibility index (Phi) is 5.57. The van der Waals surface area contributed by atoms with Crippen LogP contribution in [0.4, 0.5) is 5.69 Å². The third kappa shape index (κ3) is 3.81. The van der Waals surface area contributed by atoms with Crippen molar-refractivity contribution < 1.29 is 0 Å². The summed E-state index contributed by atoms with van der Waals surface area (Å²) in [7, 11) is 1.92. The SMILES string of the molecule is CN=C(NCC1(C2CC2)CC1)N1CCN(c2ccccc2)CC1.I. The van der Waals surface area contributed by atoms with Crippen LogP contribution in [0.1, 0.15) is 25.7 Å². The number of halogens is 1. The van der Waals surface area contributed by atoms with Crippen molar-refractivity contribution in [1.82, 2.24) is 10.2 Å². The van der Waals surface area contributed by atoms with Gasteiger partial charge in [0.2, 0.25) is 0 Å². The molecule has 0 radical (unpaired) electrons. The lowest BCUT2D eigenvalue weighted by Gasteiger charge is -2.38. The van der Waals surface area contributed by atoms with Crippen LogP contribution in [0.5, 0.6) is 0 Å². The lowest BCUT2D eigenvalue weighted by Crippen LogP contribution is -2.53. The zero-order chi connectivity index (χ0) is 15.7. The van der Waals surface area contributed by atoms with Gasteiger partial charge in [-0.25, -0.2) is 0 Å². The maximum absolute atomic E-state index is 4.53. The van der Waals surface area contributed by atoms with Crippen molar-refractivity contribution in [3.05, 3.63) is 30.3 Å². The van der Waals surface area contributed by atoms with Crippen molar-refractivity contribution in [2.75, 3.05) is 44.7 Å². The third-order valence-corrected chi connectivity index (χ3v) is 5.85. The minimum Gasteiger partial charge on any atom is -0.368 e. The maximum atomic E-state index is 4.53. The predicted molar refractivity (Wildman–Crippen MR) is 111 cm³/mol. The molecule has 0 amide bonds. The molecule has 24 heavy (non-hydrogen) atoms. The second kappa shape index (κ2) is 7.50. The monoisotopic (exact) mass is 440 g/mol. The van der Waals surface area contributed by atoms with Crippen molar-refractivity contribution in [3.8, 4) is 0 Å². The average molecular weight is 440 g/mol. The molecule has 0 aromatic heterocycles. The van der Waals surface area contributed by atoms with Gasteiger partial charge >= 0.3 is 0 Å². The van der Waals surface area contributed by atoms with Gasteiger partial charge in [-0.05, 0) is 49.1 Å². The molecule has 3 aliphatic rings. The summed E-state index contributed by atoms with van der Waals surface area (Å²) in [6.45, 7) is 5.36. The van der Waals surface area contributed by atoms with E-state index >= 15 is 0 Å². The fourth-order valence-corrected chi connectivity index (χ4v) is 3.99. The Morgan fingerprint density at radius 3 is 2.33 bits per heavy atom. The molecule has 4 nitrogen and oxygen atoms in total. The highest BCUT2D eigenvalue weighted by atomic mass is 127. The van der Waals surface area contributed by atoms with Crippen LogP contribution in [0, 0.1) is 11.3 Å². The van der Waals surface area contributed by atoms with Crippen molar-refractivity contribution in [2.45, 2.75) is 25.7 Å². The van der Waals surface area contributed by atoms with Crippen LogP contribution in [0.15, 0.2) is 35.3 Å². The van der Waals surface area contributed by atoms with Crippen LogP contribution < -0.4 is 10.2 Å². The van der Waals surface area contributed by atoms with Gasteiger partial charge in [0.05, 0.1) is 0 Å². The summed E-state index contributed by atoms with van der Waals surface area (Å²) in [5.41, 5.74) is 1.96. The van der Waals surface area contributed by atoms with Gasteiger partial charge in [-0.15, -0.1) is 24.0 Å². The minimum atomic E-state index is 0. The van der Waals surface area contributed by atoms with Crippen LogP contribution in [0.2, 0.25) is 0 Å². The van der Waals surface area contributed by atoms with Crippen LogP contribution in [-0.4, -0.2) is 50.6 Å². The number of hydrogen-bond acceptors (Lipinski definition) is 2. The van der Waals surface area contributed by atoms with Gasteiger partial charge < -0.3 is 15.1 Å². The minimum absolute atomic E-state index is 0. The summed E-state index contributed by atoms with van der Waals surface area (Å²) in [5, 5.41) is 3.68. The summed E-state index contributed by atoms with van der Waals surface area (Å²) in [5.74, 6) is 2.10. The number of para-hydroxylation sites is 1. The fourth-order valence-electron chi connectivity index (χ4n) is 3.99. The molecular weight excluding hydrogens is 411 g/mol. The van der Waals surface area contributed by atoms with Gasteiger partial charge in [-0.3, -0.25) is 4.99 Å². The molecule has 1 aromatic rings. The molecule has 1 aliphatic heterocycles. The van der Waals surface area contributed by atoms with Gasteiger partial charge in [-0.2, -0.15) is 0 Å². The third-order valence-electron chi connectivity index (χ3n) is 5.85. The number of nitrogens with one attached hydrogen (secondary N) is 1. The van der Waals surface area contributed by atoms with Crippen LogP contribution in [0.25, 0.3) is 0 Å². The van der Waals surface area contributed by atoms with Gasteiger partial charge in [0.25, 0.3) is 0 Å². The quantitative estimate of drug-likeness (QED) is 0.443. The number of guanidine groups is 1. The molecule has 1 N–H and O–H groups in total. The Morgan fingerprint density at radius 2 is 1.79 bits per heavy atom. The number of rotatable bonds is 4. The van der Waals surface area contributed by atoms with Gasteiger partial charge in [0, 0.05) is 45.5 Å². The van der Waals surface area contributed by atoms with Crippen molar-refractivity contribution in [1.29, 1.82) is 0 Å². The zero-order valence-corrected chi connectivity index (χ0v) is 16.9. The average Bonchev–Trinajstić information content (AvgIpc) is 3.49. The summed E-state index contributed by atoms with van der Waals surface area (Å²) in [6.07, 6.45) is 5.75. The molecule has 1 aromatic carbocycles. The Balaban J connectivity index is 0.00000169. The smallest absolute Gasteiger partial charge is 0.193 e. The molecule has 0 spiro atoms. The van der Waals surface area contributed by atoms with E-state index in [2.05, 4.69) is 50.4 Å². The lowest BCUT2D eigenvalue weighted by atomic mass is 10.0. The first-order chi connectivity index (χ1) is 11.3. The maximum Gasteiger partial charge on any atom is 0.193 e. The molecule has 2 saturated carbocycles. The number of nitrogens with zero attached hydrogens (tertiary/aromatic N) is 3. The standard InChI is InChI=1S/C19H28N4.HI/c1-20-18(21-15-19(9-10-19)16-7-8-16)23-13-11-22(12-14-23)17-5-3-2-4-6-17;/h2-6,16H,7-15H2,1H3,(H,20,21);1H. The summed E-state index contributed by atoms with van der Waals surface area (Å²) < 4.78 is 0. The number of anilines is 1. The molecule has 1 saturated heterocycles. The van der Waals surface area contributed by atoms with Gasteiger partial charge in [-0.1, -0.05) is 18.2 Å². The normalized spacial score (nSPS) is 22.8. The summed E-state index contributed by atoms with van der Waals surface area (Å²) >= 11 is 0. The highest BCUT2D eigenvalue weighted by Gasteiger charge is 2.53. The Labute approximate surface area is 162 Å². The molecule has 132 valence electrons. The largest absolute Gasteiger partial charge is 0.368 e. The van der Waals surface area contributed by atoms with E-state index in [9.17, 15) is 0 Å². The topological polar surface area (TPSA) is 30.9 Å². The molecular formula is C19H29IN4. The fraction of sp³-hybridized carbons (Fsp3) is 0.632. The van der Waals surface area contributed by atoms with E-state index in [4.69, 9.17) is 0 Å². The van der Waals surface area contributed by atoms with Crippen LogP contribution in [-0.2, 0) is 0 Å². The molecule has 0 atom stereocenters. The van der Waals surface area contributed by atoms with E-state index in [0.29, 0.717) is 5.41 Å². The highest BCUT2D eigenvalue weighted by molar-refractivity contribution is 14.0. The van der Waals surface area contributed by atoms with Crippen molar-refractivity contribution >= 4 is 35.6 Å². The molecule has 2 aliphatic carbocycles. The first kappa shape index (κ1) is 17.8. The van der Waals surface area contributed by atoms with E-state index in [1.165, 1.54) is 31.4 Å². The summed E-state index contributed by atoms with van der Waals surface area (Å²) in [6, 6.07) is 10.7. The Bertz CT molecular complexity index is 558. The van der Waals surface area contributed by atoms with Crippen LogP contribution in [0.3, 0.4) is 0 Å². The number of piperazine rings is 1. The first-order valence-corrected chi connectivity index (χ1v) is 9.06. The predicted octanol–water partition coefficient (Wildman–Crippen LogP) is 3.19. The molecule has 0 unspecified atom stereocenters. The van der Waals surface area contributed by atoms with Gasteiger partial charge in [0.1, 0.15) is 0 Å². The molecule has 5 heteroatoms. The molecule has 3 fully saturated rings.